The molecule has 0 fully saturated rings. The summed E-state index contributed by atoms with van der Waals surface area (Å²) in [6.45, 7) is 3.79. The van der Waals surface area contributed by atoms with E-state index >= 15 is 0 Å². The number of anilines is 1. The van der Waals surface area contributed by atoms with Gasteiger partial charge < -0.3 is 11.1 Å². The molecule has 0 bridgehead atoms. The topological polar surface area (TPSA) is 68.0 Å². The molecule has 0 radical (unpaired) electrons. The van der Waals surface area contributed by atoms with Crippen LogP contribution in [-0.4, -0.2) is 10.9 Å². The highest BCUT2D eigenvalue weighted by molar-refractivity contribution is 5.97. The Morgan fingerprint density at radius 2 is 1.95 bits per heavy atom. The van der Waals surface area contributed by atoms with Crippen LogP contribution >= 0.6 is 0 Å². The highest BCUT2D eigenvalue weighted by atomic mass is 16.1. The molecular weight excluding hydrogens is 238 g/mol. The normalized spacial score (nSPS) is 11.9. The van der Waals surface area contributed by atoms with Gasteiger partial charge in [0.2, 0.25) is 0 Å². The van der Waals surface area contributed by atoms with Gasteiger partial charge in [-0.2, -0.15) is 0 Å². The van der Waals surface area contributed by atoms with E-state index in [0.29, 0.717) is 11.3 Å². The molecule has 98 valence electrons. The largest absolute Gasteiger partial charge is 0.398 e. The predicted octanol–water partition coefficient (Wildman–Crippen LogP) is 2.46. The van der Waals surface area contributed by atoms with Crippen molar-refractivity contribution in [3.05, 3.63) is 59.4 Å². The van der Waals surface area contributed by atoms with Crippen molar-refractivity contribution in [3.8, 4) is 0 Å². The van der Waals surface area contributed by atoms with E-state index in [4.69, 9.17) is 5.73 Å². The van der Waals surface area contributed by atoms with Crippen LogP contribution in [0.1, 0.15) is 34.5 Å². The second-order valence-electron chi connectivity index (χ2n) is 4.50. The van der Waals surface area contributed by atoms with Gasteiger partial charge in [0, 0.05) is 23.6 Å². The van der Waals surface area contributed by atoms with Gasteiger partial charge in [0.1, 0.15) is 0 Å². The second-order valence-corrected chi connectivity index (χ2v) is 4.50. The summed E-state index contributed by atoms with van der Waals surface area (Å²) in [7, 11) is 0. The lowest BCUT2D eigenvalue weighted by atomic mass is 10.0. The number of hydrogen-bond donors (Lipinski definition) is 2. The molecule has 0 saturated heterocycles. The van der Waals surface area contributed by atoms with Gasteiger partial charge in [0.05, 0.1) is 6.04 Å². The first-order valence-electron chi connectivity index (χ1n) is 6.15. The van der Waals surface area contributed by atoms with Crippen molar-refractivity contribution in [1.29, 1.82) is 0 Å². The zero-order chi connectivity index (χ0) is 13.8. The standard InChI is InChI=1S/C15H17N3O/c1-10-13(4-3-5-14(10)16)15(19)18-11(2)12-6-8-17-9-7-12/h3-9,11H,16H2,1-2H3,(H,18,19)/t11-/m1/s1. The lowest BCUT2D eigenvalue weighted by Gasteiger charge is -2.15. The molecule has 4 heteroatoms. The van der Waals surface area contributed by atoms with E-state index < -0.39 is 0 Å². The van der Waals surface area contributed by atoms with E-state index in [9.17, 15) is 4.79 Å². The van der Waals surface area contributed by atoms with Crippen LogP contribution in [-0.2, 0) is 0 Å². The SMILES string of the molecule is Cc1c(N)cccc1C(=O)N[C@H](C)c1ccncc1. The second kappa shape index (κ2) is 5.52. The number of aromatic nitrogens is 1. The molecule has 0 aliphatic carbocycles. The molecule has 1 atom stereocenters. The summed E-state index contributed by atoms with van der Waals surface area (Å²) >= 11 is 0. The summed E-state index contributed by atoms with van der Waals surface area (Å²) < 4.78 is 0. The van der Waals surface area contributed by atoms with Gasteiger partial charge in [-0.3, -0.25) is 9.78 Å². The molecular formula is C15H17N3O. The van der Waals surface area contributed by atoms with Crippen LogP contribution in [0.4, 0.5) is 5.69 Å². The Kier molecular flexibility index (Phi) is 3.80. The van der Waals surface area contributed by atoms with Crippen molar-refractivity contribution in [2.24, 2.45) is 0 Å². The van der Waals surface area contributed by atoms with Crippen molar-refractivity contribution in [3.63, 3.8) is 0 Å². The number of carbonyl (C=O) groups excluding carboxylic acids is 1. The number of amides is 1. The van der Waals surface area contributed by atoms with Crippen molar-refractivity contribution in [1.82, 2.24) is 10.3 Å². The smallest absolute Gasteiger partial charge is 0.252 e. The number of nitrogens with one attached hydrogen (secondary N) is 1. The van der Waals surface area contributed by atoms with Gasteiger partial charge in [-0.25, -0.2) is 0 Å². The summed E-state index contributed by atoms with van der Waals surface area (Å²) in [5.41, 5.74) is 8.88. The third-order valence-electron chi connectivity index (χ3n) is 3.17. The van der Waals surface area contributed by atoms with Crippen LogP contribution < -0.4 is 11.1 Å². The molecule has 19 heavy (non-hydrogen) atoms. The summed E-state index contributed by atoms with van der Waals surface area (Å²) in [4.78, 5) is 16.2. The molecule has 0 unspecified atom stereocenters. The van der Waals surface area contributed by atoms with Crippen LogP contribution in [0.5, 0.6) is 0 Å². The third-order valence-corrected chi connectivity index (χ3v) is 3.17. The Hall–Kier alpha value is -2.36. The average Bonchev–Trinajstić information content (AvgIpc) is 2.42. The number of benzene rings is 1. The van der Waals surface area contributed by atoms with Gasteiger partial charge in [0.15, 0.2) is 0 Å². The Morgan fingerprint density at radius 1 is 1.26 bits per heavy atom. The summed E-state index contributed by atoms with van der Waals surface area (Å²) in [5, 5.41) is 2.96. The zero-order valence-corrected chi connectivity index (χ0v) is 11.1. The minimum Gasteiger partial charge on any atom is -0.398 e. The number of carbonyl (C=O) groups is 1. The van der Waals surface area contributed by atoms with E-state index in [0.717, 1.165) is 11.1 Å². The molecule has 1 heterocycles. The van der Waals surface area contributed by atoms with Crippen molar-refractivity contribution >= 4 is 11.6 Å². The molecule has 0 spiro atoms. The summed E-state index contributed by atoms with van der Waals surface area (Å²) in [6, 6.07) is 9.05. The van der Waals surface area contributed by atoms with Crippen LogP contribution in [0.3, 0.4) is 0 Å². The quantitative estimate of drug-likeness (QED) is 0.828. The molecule has 2 rings (SSSR count). The maximum absolute atomic E-state index is 12.2. The fraction of sp³-hybridized carbons (Fsp3) is 0.200. The van der Waals surface area contributed by atoms with Crippen LogP contribution in [0.25, 0.3) is 0 Å². The molecule has 4 nitrogen and oxygen atoms in total. The molecule has 2 aromatic rings. The number of hydrogen-bond acceptors (Lipinski definition) is 3. The Balaban J connectivity index is 2.16. The Labute approximate surface area is 112 Å². The summed E-state index contributed by atoms with van der Waals surface area (Å²) in [5.74, 6) is -0.117. The first-order valence-corrected chi connectivity index (χ1v) is 6.15. The maximum Gasteiger partial charge on any atom is 0.252 e. The fourth-order valence-electron chi connectivity index (χ4n) is 1.91. The lowest BCUT2D eigenvalue weighted by molar-refractivity contribution is 0.0939. The first-order chi connectivity index (χ1) is 9.09. The van der Waals surface area contributed by atoms with E-state index in [1.54, 1.807) is 30.6 Å². The van der Waals surface area contributed by atoms with Gasteiger partial charge >= 0.3 is 0 Å². The highest BCUT2D eigenvalue weighted by Gasteiger charge is 2.14. The van der Waals surface area contributed by atoms with Crippen LogP contribution in [0, 0.1) is 6.92 Å². The molecule has 0 saturated carbocycles. The number of nitrogen functional groups attached to an aromatic ring is 1. The third kappa shape index (κ3) is 2.91. The number of nitrogens with two attached hydrogens (primary N) is 1. The molecule has 1 aromatic carbocycles. The molecule has 3 N–H and O–H groups in total. The average molecular weight is 255 g/mol. The highest BCUT2D eigenvalue weighted by Crippen LogP contribution is 2.17. The lowest BCUT2D eigenvalue weighted by Crippen LogP contribution is -2.27. The summed E-state index contributed by atoms with van der Waals surface area (Å²) in [6.07, 6.45) is 3.42. The number of nitrogens with zero attached hydrogens (tertiary/aromatic N) is 1. The molecule has 0 aliphatic rings. The monoisotopic (exact) mass is 255 g/mol. The van der Waals surface area contributed by atoms with E-state index in [1.165, 1.54) is 0 Å². The van der Waals surface area contributed by atoms with Crippen LogP contribution in [0.2, 0.25) is 0 Å². The van der Waals surface area contributed by atoms with Gasteiger partial charge in [-0.05, 0) is 49.2 Å². The van der Waals surface area contributed by atoms with Gasteiger partial charge in [0.25, 0.3) is 5.91 Å². The van der Waals surface area contributed by atoms with E-state index in [-0.39, 0.29) is 11.9 Å². The van der Waals surface area contributed by atoms with E-state index in [1.807, 2.05) is 26.0 Å². The molecule has 1 aromatic heterocycles. The number of pyridine rings is 1. The molecule has 0 aliphatic heterocycles. The molecule has 1 amide bonds. The predicted molar refractivity (Wildman–Crippen MR) is 75.7 cm³/mol. The van der Waals surface area contributed by atoms with Crippen LogP contribution in [0.15, 0.2) is 42.7 Å². The number of rotatable bonds is 3. The first kappa shape index (κ1) is 13.1. The van der Waals surface area contributed by atoms with Crippen molar-refractivity contribution < 1.29 is 4.79 Å². The Bertz CT molecular complexity index is 581. The minimum atomic E-state index is -0.117. The Morgan fingerprint density at radius 3 is 2.63 bits per heavy atom. The maximum atomic E-state index is 12.2. The van der Waals surface area contributed by atoms with Crippen molar-refractivity contribution in [2.45, 2.75) is 19.9 Å². The fourth-order valence-corrected chi connectivity index (χ4v) is 1.91. The van der Waals surface area contributed by atoms with E-state index in [2.05, 4.69) is 10.3 Å². The van der Waals surface area contributed by atoms with Crippen molar-refractivity contribution in [2.75, 3.05) is 5.73 Å². The van der Waals surface area contributed by atoms with Gasteiger partial charge in [-0.15, -0.1) is 0 Å². The van der Waals surface area contributed by atoms with Gasteiger partial charge in [-0.1, -0.05) is 6.07 Å². The minimum absolute atomic E-state index is 0.0728. The zero-order valence-electron chi connectivity index (χ0n) is 11.1.